The van der Waals surface area contributed by atoms with E-state index < -0.39 is 0 Å². The van der Waals surface area contributed by atoms with Crippen molar-refractivity contribution in [2.45, 2.75) is 39.2 Å². The Balaban J connectivity index is 1.90. The van der Waals surface area contributed by atoms with Crippen LogP contribution in [0.25, 0.3) is 0 Å². The van der Waals surface area contributed by atoms with Crippen LogP contribution in [0.5, 0.6) is 0 Å². The van der Waals surface area contributed by atoms with Crippen LogP contribution in [0.4, 0.5) is 5.82 Å². The van der Waals surface area contributed by atoms with Crippen molar-refractivity contribution in [2.24, 2.45) is 5.41 Å². The highest BCUT2D eigenvalue weighted by Crippen LogP contribution is 2.56. The first-order valence-corrected chi connectivity index (χ1v) is 6.64. The van der Waals surface area contributed by atoms with Crippen molar-refractivity contribution >= 4 is 11.8 Å². The number of aromatic nitrogens is 2. The Kier molecular flexibility index (Phi) is 2.57. The number of ether oxygens (including phenoxy) is 1. The number of fused-ring (bicyclic) bond motifs is 1. The van der Waals surface area contributed by atoms with Gasteiger partial charge in [-0.05, 0) is 31.6 Å². The second kappa shape index (κ2) is 4.00. The molecule has 18 heavy (non-hydrogen) atoms. The molecule has 1 unspecified atom stereocenters. The van der Waals surface area contributed by atoms with E-state index in [4.69, 9.17) is 4.74 Å². The second-order valence-electron chi connectivity index (χ2n) is 5.47. The molecule has 0 aromatic carbocycles. The normalized spacial score (nSPS) is 24.0. The van der Waals surface area contributed by atoms with Gasteiger partial charge < -0.3 is 10.1 Å². The van der Waals surface area contributed by atoms with Crippen molar-refractivity contribution < 1.29 is 9.53 Å². The van der Waals surface area contributed by atoms with Gasteiger partial charge >= 0.3 is 5.97 Å². The number of esters is 1. The van der Waals surface area contributed by atoms with Crippen LogP contribution >= 0.6 is 0 Å². The quantitative estimate of drug-likeness (QED) is 0.834. The van der Waals surface area contributed by atoms with Crippen molar-refractivity contribution in [1.29, 1.82) is 0 Å². The third-order valence-electron chi connectivity index (χ3n) is 4.08. The summed E-state index contributed by atoms with van der Waals surface area (Å²) < 4.78 is 6.99. The zero-order chi connectivity index (χ0) is 12.8. The van der Waals surface area contributed by atoms with E-state index in [1.54, 1.807) is 13.0 Å². The van der Waals surface area contributed by atoms with Crippen molar-refractivity contribution in [3.05, 3.63) is 11.8 Å². The SMILES string of the molecule is CCOC(=O)c1cc2n(n1)C(C1(C)CC1)CCN2. The van der Waals surface area contributed by atoms with Crippen LogP contribution in [0.1, 0.15) is 49.6 Å². The largest absolute Gasteiger partial charge is 0.461 e. The summed E-state index contributed by atoms with van der Waals surface area (Å²) in [6.45, 7) is 5.45. The van der Waals surface area contributed by atoms with Crippen LogP contribution in [0, 0.1) is 5.41 Å². The monoisotopic (exact) mass is 249 g/mol. The lowest BCUT2D eigenvalue weighted by atomic mass is 9.95. The van der Waals surface area contributed by atoms with Gasteiger partial charge in [-0.2, -0.15) is 5.10 Å². The number of nitrogens with zero attached hydrogens (tertiary/aromatic N) is 2. The van der Waals surface area contributed by atoms with Gasteiger partial charge in [0.1, 0.15) is 5.82 Å². The molecular weight excluding hydrogens is 230 g/mol. The number of anilines is 1. The molecule has 5 heteroatoms. The molecule has 1 atom stereocenters. The van der Waals surface area contributed by atoms with Crippen LogP contribution in [-0.4, -0.2) is 28.9 Å². The summed E-state index contributed by atoms with van der Waals surface area (Å²) in [7, 11) is 0. The summed E-state index contributed by atoms with van der Waals surface area (Å²) in [6.07, 6.45) is 3.59. The number of carbonyl (C=O) groups excluding carboxylic acids is 1. The fourth-order valence-corrected chi connectivity index (χ4v) is 2.70. The first kappa shape index (κ1) is 11.6. The second-order valence-corrected chi connectivity index (χ2v) is 5.47. The molecule has 2 heterocycles. The molecule has 1 aromatic heterocycles. The maximum atomic E-state index is 11.7. The van der Waals surface area contributed by atoms with Crippen LogP contribution < -0.4 is 5.32 Å². The van der Waals surface area contributed by atoms with Gasteiger partial charge in [0.15, 0.2) is 5.69 Å². The molecule has 5 nitrogen and oxygen atoms in total. The lowest BCUT2D eigenvalue weighted by Gasteiger charge is -2.30. The summed E-state index contributed by atoms with van der Waals surface area (Å²) in [5, 5.41) is 7.74. The van der Waals surface area contributed by atoms with E-state index in [9.17, 15) is 4.79 Å². The molecule has 1 aliphatic heterocycles. The average molecular weight is 249 g/mol. The Bertz CT molecular complexity index is 477. The molecule has 0 amide bonds. The van der Waals surface area contributed by atoms with Crippen molar-refractivity contribution in [3.8, 4) is 0 Å². The summed E-state index contributed by atoms with van der Waals surface area (Å²) in [5.41, 5.74) is 0.782. The van der Waals surface area contributed by atoms with Gasteiger partial charge in [0.2, 0.25) is 0 Å². The highest BCUT2D eigenvalue weighted by atomic mass is 16.5. The van der Waals surface area contributed by atoms with E-state index >= 15 is 0 Å². The summed E-state index contributed by atoms with van der Waals surface area (Å²) >= 11 is 0. The Labute approximate surface area is 107 Å². The fraction of sp³-hybridized carbons (Fsp3) is 0.692. The van der Waals surface area contributed by atoms with E-state index in [2.05, 4.69) is 17.3 Å². The van der Waals surface area contributed by atoms with Gasteiger partial charge in [0, 0.05) is 12.6 Å². The maximum absolute atomic E-state index is 11.7. The number of nitrogens with one attached hydrogen (secondary N) is 1. The smallest absolute Gasteiger partial charge is 0.358 e. The molecule has 3 rings (SSSR count). The van der Waals surface area contributed by atoms with Crippen LogP contribution in [0.15, 0.2) is 6.07 Å². The van der Waals surface area contributed by atoms with Crippen LogP contribution in [0.2, 0.25) is 0 Å². The summed E-state index contributed by atoms with van der Waals surface area (Å²) in [4.78, 5) is 11.7. The van der Waals surface area contributed by atoms with Gasteiger partial charge in [-0.1, -0.05) is 6.92 Å². The average Bonchev–Trinajstić information content (AvgIpc) is 2.94. The Morgan fingerprint density at radius 3 is 3.11 bits per heavy atom. The standard InChI is InChI=1S/C13H19N3O2/c1-3-18-12(17)9-8-11-14-7-4-10(16(11)15-9)13(2)5-6-13/h8,10,14H,3-7H2,1-2H3. The molecule has 1 aromatic rings. The highest BCUT2D eigenvalue weighted by molar-refractivity contribution is 5.88. The Morgan fingerprint density at radius 1 is 1.67 bits per heavy atom. The van der Waals surface area contributed by atoms with Gasteiger partial charge in [-0.25, -0.2) is 9.48 Å². The molecule has 1 saturated carbocycles. The topological polar surface area (TPSA) is 56.2 Å². The lowest BCUT2D eigenvalue weighted by molar-refractivity contribution is 0.0517. The van der Waals surface area contributed by atoms with E-state index in [1.165, 1.54) is 12.8 Å². The van der Waals surface area contributed by atoms with E-state index in [0.29, 0.717) is 23.8 Å². The predicted octanol–water partition coefficient (Wildman–Crippen LogP) is 2.22. The number of rotatable bonds is 3. The van der Waals surface area contributed by atoms with E-state index in [-0.39, 0.29) is 5.97 Å². The molecule has 1 aliphatic carbocycles. The molecule has 98 valence electrons. The van der Waals surface area contributed by atoms with Crippen molar-refractivity contribution in [1.82, 2.24) is 9.78 Å². The van der Waals surface area contributed by atoms with Gasteiger partial charge in [-0.15, -0.1) is 0 Å². The maximum Gasteiger partial charge on any atom is 0.358 e. The molecule has 1 fully saturated rings. The number of carbonyl (C=O) groups is 1. The zero-order valence-electron chi connectivity index (χ0n) is 10.9. The summed E-state index contributed by atoms with van der Waals surface area (Å²) in [6, 6.07) is 2.22. The number of hydrogen-bond acceptors (Lipinski definition) is 4. The minimum Gasteiger partial charge on any atom is -0.461 e. The minimum atomic E-state index is -0.332. The first-order valence-electron chi connectivity index (χ1n) is 6.64. The van der Waals surface area contributed by atoms with Crippen LogP contribution in [0.3, 0.4) is 0 Å². The molecule has 0 spiro atoms. The molecule has 0 saturated heterocycles. The first-order chi connectivity index (χ1) is 8.64. The molecule has 0 bridgehead atoms. The minimum absolute atomic E-state index is 0.332. The third-order valence-corrected chi connectivity index (χ3v) is 4.08. The molecular formula is C13H19N3O2. The Morgan fingerprint density at radius 2 is 2.44 bits per heavy atom. The molecule has 0 radical (unpaired) electrons. The predicted molar refractivity (Wildman–Crippen MR) is 67.7 cm³/mol. The molecule has 2 aliphatic rings. The van der Waals surface area contributed by atoms with E-state index in [1.807, 2.05) is 4.68 Å². The zero-order valence-corrected chi connectivity index (χ0v) is 10.9. The molecule has 1 N–H and O–H groups in total. The fourth-order valence-electron chi connectivity index (χ4n) is 2.70. The van der Waals surface area contributed by atoms with E-state index in [0.717, 1.165) is 18.8 Å². The van der Waals surface area contributed by atoms with Gasteiger partial charge in [0.05, 0.1) is 12.6 Å². The Hall–Kier alpha value is -1.52. The van der Waals surface area contributed by atoms with Gasteiger partial charge in [-0.3, -0.25) is 0 Å². The highest BCUT2D eigenvalue weighted by Gasteiger charge is 2.47. The lowest BCUT2D eigenvalue weighted by Crippen LogP contribution is -2.28. The van der Waals surface area contributed by atoms with Crippen LogP contribution in [-0.2, 0) is 4.74 Å². The third kappa shape index (κ3) is 1.78. The van der Waals surface area contributed by atoms with Crippen molar-refractivity contribution in [3.63, 3.8) is 0 Å². The van der Waals surface area contributed by atoms with Gasteiger partial charge in [0.25, 0.3) is 0 Å². The number of hydrogen-bond donors (Lipinski definition) is 1. The van der Waals surface area contributed by atoms with Crippen molar-refractivity contribution in [2.75, 3.05) is 18.5 Å². The summed E-state index contributed by atoms with van der Waals surface area (Å²) in [5.74, 6) is 0.614.